The van der Waals surface area contributed by atoms with Gasteiger partial charge in [-0.15, -0.1) is 5.10 Å². The van der Waals surface area contributed by atoms with Gasteiger partial charge in [0.2, 0.25) is 0 Å². The van der Waals surface area contributed by atoms with E-state index < -0.39 is 17.6 Å². The number of nitrogens with one attached hydrogen (secondary N) is 2. The van der Waals surface area contributed by atoms with Gasteiger partial charge in [-0.2, -0.15) is 13.2 Å². The zero-order valence-electron chi connectivity index (χ0n) is 16.8. The zero-order valence-corrected chi connectivity index (χ0v) is 17.6. The number of amides is 1. The van der Waals surface area contributed by atoms with Gasteiger partial charge in [-0.05, 0) is 62.6 Å². The number of hydrazine groups is 1. The molecule has 0 radical (unpaired) electrons. The molecule has 10 heteroatoms. The Hall–Kier alpha value is -2.00. The van der Waals surface area contributed by atoms with E-state index in [0.29, 0.717) is 24.2 Å². The van der Waals surface area contributed by atoms with Crippen molar-refractivity contribution in [1.82, 2.24) is 15.9 Å². The highest BCUT2D eigenvalue weighted by molar-refractivity contribution is 6.33. The third kappa shape index (κ3) is 6.01. The zero-order chi connectivity index (χ0) is 21.9. The Morgan fingerprint density at radius 1 is 1.23 bits per heavy atom. The summed E-state index contributed by atoms with van der Waals surface area (Å²) in [5, 5.41) is 9.03. The molecule has 1 aromatic carbocycles. The lowest BCUT2D eigenvalue weighted by atomic mass is 9.86. The lowest BCUT2D eigenvalue weighted by Crippen LogP contribution is -2.41. The summed E-state index contributed by atoms with van der Waals surface area (Å²) in [5.41, 5.74) is 7.98. The molecule has 0 heterocycles. The van der Waals surface area contributed by atoms with Crippen molar-refractivity contribution < 1.29 is 18.0 Å². The summed E-state index contributed by atoms with van der Waals surface area (Å²) in [6.07, 6.45) is 0.888. The second kappa shape index (κ2) is 9.43. The standard InChI is InChI=1S/C20H27ClF3N5O/c1-26-29(28-18(25)13-4-5-13)11-12-2-7-15(8-3-12)27-19(30)16-10-14(20(22,23)24)6-9-17(16)21/h6,9-10,12-13,15,26H,2-5,7-8,11H2,1H3,(H2,25,28)(H,27,30). The van der Waals surface area contributed by atoms with E-state index in [1.165, 1.54) is 0 Å². The van der Waals surface area contributed by atoms with Gasteiger partial charge in [0.25, 0.3) is 5.91 Å². The average Bonchev–Trinajstić information content (AvgIpc) is 3.53. The van der Waals surface area contributed by atoms with Gasteiger partial charge in [0, 0.05) is 19.0 Å². The van der Waals surface area contributed by atoms with Gasteiger partial charge in [-0.25, -0.2) is 10.5 Å². The Morgan fingerprint density at radius 2 is 1.90 bits per heavy atom. The number of nitrogens with zero attached hydrogens (tertiary/aromatic N) is 2. The molecule has 0 bridgehead atoms. The highest BCUT2D eigenvalue weighted by Gasteiger charge is 2.32. The summed E-state index contributed by atoms with van der Waals surface area (Å²) in [7, 11) is 1.80. The van der Waals surface area contributed by atoms with Crippen LogP contribution >= 0.6 is 11.6 Å². The molecule has 2 saturated carbocycles. The molecular formula is C20H27ClF3N5O. The van der Waals surface area contributed by atoms with Crippen molar-refractivity contribution in [1.29, 1.82) is 0 Å². The van der Waals surface area contributed by atoms with E-state index >= 15 is 0 Å². The van der Waals surface area contributed by atoms with Crippen LogP contribution in [0.2, 0.25) is 5.02 Å². The van der Waals surface area contributed by atoms with Crippen molar-refractivity contribution in [3.8, 4) is 0 Å². The fraction of sp³-hybridized carbons (Fsp3) is 0.600. The van der Waals surface area contributed by atoms with Crippen LogP contribution in [0.3, 0.4) is 0 Å². The second-order valence-electron chi connectivity index (χ2n) is 7.99. The minimum absolute atomic E-state index is 0.00459. The van der Waals surface area contributed by atoms with E-state index in [2.05, 4.69) is 15.8 Å². The average molecular weight is 446 g/mol. The first-order valence-corrected chi connectivity index (χ1v) is 10.5. The van der Waals surface area contributed by atoms with Gasteiger partial charge in [0.15, 0.2) is 0 Å². The van der Waals surface area contributed by atoms with Crippen LogP contribution in [0.15, 0.2) is 23.3 Å². The number of carbonyl (C=O) groups excluding carboxylic acids is 1. The molecular weight excluding hydrogens is 419 g/mol. The molecule has 1 aromatic rings. The van der Waals surface area contributed by atoms with Crippen LogP contribution in [-0.2, 0) is 6.18 Å². The summed E-state index contributed by atoms with van der Waals surface area (Å²) >= 11 is 5.96. The number of alkyl halides is 3. The smallest absolute Gasteiger partial charge is 0.385 e. The number of hydrazone groups is 1. The van der Waals surface area contributed by atoms with Gasteiger partial charge in [-0.3, -0.25) is 4.79 Å². The maximum atomic E-state index is 12.9. The number of halogens is 4. The van der Waals surface area contributed by atoms with Gasteiger partial charge in [-0.1, -0.05) is 11.6 Å². The molecule has 166 valence electrons. The lowest BCUT2D eigenvalue weighted by Gasteiger charge is -2.31. The molecule has 0 atom stereocenters. The SMILES string of the molecule is CNN(CC1CCC(NC(=O)c2cc(C(F)(F)F)ccc2Cl)CC1)/N=C(\N)C1CC1. The van der Waals surface area contributed by atoms with E-state index in [0.717, 1.165) is 56.7 Å². The molecule has 0 unspecified atom stereocenters. The summed E-state index contributed by atoms with van der Waals surface area (Å²) in [6, 6.07) is 2.69. The minimum Gasteiger partial charge on any atom is -0.385 e. The summed E-state index contributed by atoms with van der Waals surface area (Å²) in [4.78, 5) is 12.5. The fourth-order valence-corrected chi connectivity index (χ4v) is 3.86. The van der Waals surface area contributed by atoms with Crippen molar-refractivity contribution in [2.75, 3.05) is 13.6 Å². The third-order valence-electron chi connectivity index (χ3n) is 5.64. The predicted molar refractivity (Wildman–Crippen MR) is 110 cm³/mol. The highest BCUT2D eigenvalue weighted by Crippen LogP contribution is 2.32. The number of hydrogen-bond acceptors (Lipinski definition) is 4. The number of hydrogen-bond donors (Lipinski definition) is 3. The van der Waals surface area contributed by atoms with E-state index in [4.69, 9.17) is 17.3 Å². The fourth-order valence-electron chi connectivity index (χ4n) is 3.65. The van der Waals surface area contributed by atoms with Crippen LogP contribution in [-0.4, -0.2) is 36.5 Å². The Kier molecular flexibility index (Phi) is 7.13. The molecule has 2 aliphatic carbocycles. The molecule has 0 saturated heterocycles. The number of carbonyl (C=O) groups is 1. The second-order valence-corrected chi connectivity index (χ2v) is 8.40. The van der Waals surface area contributed by atoms with Crippen molar-refractivity contribution in [2.45, 2.75) is 50.7 Å². The van der Waals surface area contributed by atoms with Gasteiger partial charge >= 0.3 is 6.18 Å². The molecule has 6 nitrogen and oxygen atoms in total. The minimum atomic E-state index is -4.53. The Bertz CT molecular complexity index is 789. The van der Waals surface area contributed by atoms with E-state index in [-0.39, 0.29) is 16.6 Å². The van der Waals surface area contributed by atoms with Crippen LogP contribution in [0.1, 0.15) is 54.4 Å². The first-order chi connectivity index (χ1) is 14.2. The normalized spacial score (nSPS) is 22.6. The van der Waals surface area contributed by atoms with Crippen LogP contribution in [0.5, 0.6) is 0 Å². The van der Waals surface area contributed by atoms with Gasteiger partial charge < -0.3 is 11.1 Å². The van der Waals surface area contributed by atoms with E-state index in [1.807, 2.05) is 0 Å². The number of benzene rings is 1. The highest BCUT2D eigenvalue weighted by atomic mass is 35.5. The van der Waals surface area contributed by atoms with Crippen LogP contribution < -0.4 is 16.5 Å². The van der Waals surface area contributed by atoms with Crippen LogP contribution in [0.4, 0.5) is 13.2 Å². The number of rotatable bonds is 7. The monoisotopic (exact) mass is 445 g/mol. The van der Waals surface area contributed by atoms with Crippen LogP contribution in [0, 0.1) is 11.8 Å². The maximum absolute atomic E-state index is 12.9. The van der Waals surface area contributed by atoms with Gasteiger partial charge in [0.05, 0.1) is 22.7 Å². The molecule has 2 aliphatic rings. The Morgan fingerprint density at radius 3 is 2.47 bits per heavy atom. The Balaban J connectivity index is 1.52. The predicted octanol–water partition coefficient (Wildman–Crippen LogP) is 3.77. The first kappa shape index (κ1) is 22.7. The van der Waals surface area contributed by atoms with Crippen molar-refractivity contribution in [2.24, 2.45) is 22.7 Å². The Labute approximate surface area is 179 Å². The summed E-state index contributed by atoms with van der Waals surface area (Å²) in [6.45, 7) is 0.712. The summed E-state index contributed by atoms with van der Waals surface area (Å²) < 4.78 is 38.8. The van der Waals surface area contributed by atoms with Crippen LogP contribution in [0.25, 0.3) is 0 Å². The topological polar surface area (TPSA) is 82.8 Å². The third-order valence-corrected chi connectivity index (χ3v) is 5.97. The van der Waals surface area contributed by atoms with Crippen molar-refractivity contribution in [3.05, 3.63) is 34.3 Å². The largest absolute Gasteiger partial charge is 0.416 e. The molecule has 3 rings (SSSR count). The van der Waals surface area contributed by atoms with E-state index in [1.54, 1.807) is 12.2 Å². The molecule has 30 heavy (non-hydrogen) atoms. The lowest BCUT2D eigenvalue weighted by molar-refractivity contribution is -0.137. The first-order valence-electron chi connectivity index (χ1n) is 10.1. The number of amidine groups is 1. The number of nitrogens with two attached hydrogens (primary N) is 1. The molecule has 1 amide bonds. The quantitative estimate of drug-likeness (QED) is 0.339. The van der Waals surface area contributed by atoms with Crippen molar-refractivity contribution >= 4 is 23.3 Å². The molecule has 0 aromatic heterocycles. The van der Waals surface area contributed by atoms with Gasteiger partial charge in [0.1, 0.15) is 5.84 Å². The molecule has 0 spiro atoms. The maximum Gasteiger partial charge on any atom is 0.416 e. The molecule has 2 fully saturated rings. The van der Waals surface area contributed by atoms with Crippen molar-refractivity contribution in [3.63, 3.8) is 0 Å². The molecule has 0 aliphatic heterocycles. The van der Waals surface area contributed by atoms with E-state index in [9.17, 15) is 18.0 Å². The molecule has 4 N–H and O–H groups in total. The summed E-state index contributed by atoms with van der Waals surface area (Å²) in [5.74, 6) is 0.865.